The van der Waals surface area contributed by atoms with E-state index < -0.39 is 5.91 Å². The van der Waals surface area contributed by atoms with Crippen LogP contribution in [0.3, 0.4) is 0 Å². The van der Waals surface area contributed by atoms with E-state index in [4.69, 9.17) is 28.9 Å². The van der Waals surface area contributed by atoms with Crippen LogP contribution in [0.25, 0.3) is 0 Å². The minimum absolute atomic E-state index is 0.0855. The lowest BCUT2D eigenvalue weighted by atomic mass is 10.1. The molecule has 0 spiro atoms. The first-order chi connectivity index (χ1) is 8.81. The van der Waals surface area contributed by atoms with E-state index >= 15 is 0 Å². The first-order valence-corrected chi connectivity index (χ1v) is 6.58. The van der Waals surface area contributed by atoms with Crippen molar-refractivity contribution in [1.82, 2.24) is 4.90 Å². The number of primary amides is 1. The Hall–Kier alpha value is -1.26. The second-order valence-corrected chi connectivity index (χ2v) is 5.32. The van der Waals surface area contributed by atoms with Crippen molar-refractivity contribution in [2.24, 2.45) is 5.73 Å². The number of hydrogen-bond acceptors (Lipinski definition) is 2. The molecule has 2 amide bonds. The molecule has 0 aliphatic carbocycles. The van der Waals surface area contributed by atoms with E-state index in [0.717, 1.165) is 5.56 Å². The van der Waals surface area contributed by atoms with Crippen LogP contribution >= 0.6 is 23.2 Å². The summed E-state index contributed by atoms with van der Waals surface area (Å²) in [7, 11) is 0. The Morgan fingerprint density at radius 3 is 2.37 bits per heavy atom. The molecule has 0 bridgehead atoms. The maximum absolute atomic E-state index is 12.1. The molecule has 0 aliphatic rings. The van der Waals surface area contributed by atoms with Crippen molar-refractivity contribution in [3.63, 3.8) is 0 Å². The SMILES string of the molecule is CC(C)N(CC(N)=O)C(=O)Cc1ccc(Cl)c(Cl)c1. The molecule has 104 valence electrons. The summed E-state index contributed by atoms with van der Waals surface area (Å²) in [6.07, 6.45) is 0.155. The number of hydrogen-bond donors (Lipinski definition) is 1. The van der Waals surface area contributed by atoms with Crippen molar-refractivity contribution in [3.8, 4) is 0 Å². The van der Waals surface area contributed by atoms with Gasteiger partial charge in [-0.1, -0.05) is 29.3 Å². The highest BCUT2D eigenvalue weighted by Gasteiger charge is 2.19. The highest BCUT2D eigenvalue weighted by atomic mass is 35.5. The van der Waals surface area contributed by atoms with Crippen molar-refractivity contribution >= 4 is 35.0 Å². The molecule has 1 rings (SSSR count). The summed E-state index contributed by atoms with van der Waals surface area (Å²) in [5.41, 5.74) is 5.88. The van der Waals surface area contributed by atoms with Crippen molar-refractivity contribution < 1.29 is 9.59 Å². The van der Waals surface area contributed by atoms with E-state index in [2.05, 4.69) is 0 Å². The molecule has 1 aromatic rings. The molecule has 0 saturated heterocycles. The van der Waals surface area contributed by atoms with Gasteiger partial charge in [-0.2, -0.15) is 0 Å². The second kappa shape index (κ2) is 6.78. The Morgan fingerprint density at radius 1 is 1.26 bits per heavy atom. The summed E-state index contributed by atoms with van der Waals surface area (Å²) in [4.78, 5) is 24.5. The van der Waals surface area contributed by atoms with Gasteiger partial charge in [-0.15, -0.1) is 0 Å². The van der Waals surface area contributed by atoms with Crippen LogP contribution in [0.1, 0.15) is 19.4 Å². The molecule has 0 radical (unpaired) electrons. The van der Waals surface area contributed by atoms with Gasteiger partial charge in [0, 0.05) is 6.04 Å². The van der Waals surface area contributed by atoms with E-state index in [0.29, 0.717) is 10.0 Å². The standard InChI is InChI=1S/C13H16Cl2N2O2/c1-8(2)17(7-12(16)18)13(19)6-9-3-4-10(14)11(15)5-9/h3-5,8H,6-7H2,1-2H3,(H2,16,18). The van der Waals surface area contributed by atoms with Crippen molar-refractivity contribution in [2.75, 3.05) is 6.54 Å². The molecule has 0 aliphatic heterocycles. The van der Waals surface area contributed by atoms with Crippen LogP contribution < -0.4 is 5.73 Å². The third kappa shape index (κ3) is 4.73. The molecule has 0 aromatic heterocycles. The normalized spacial score (nSPS) is 10.6. The predicted octanol–water partition coefficient (Wildman–Crippen LogP) is 2.26. The van der Waals surface area contributed by atoms with Crippen molar-refractivity contribution in [1.29, 1.82) is 0 Å². The first-order valence-electron chi connectivity index (χ1n) is 5.83. The Balaban J connectivity index is 2.81. The first kappa shape index (κ1) is 15.8. The van der Waals surface area contributed by atoms with Gasteiger partial charge < -0.3 is 10.6 Å². The molecular weight excluding hydrogens is 287 g/mol. The number of carbonyl (C=O) groups is 2. The lowest BCUT2D eigenvalue weighted by Crippen LogP contribution is -2.43. The highest BCUT2D eigenvalue weighted by Crippen LogP contribution is 2.23. The average Bonchev–Trinajstić information content (AvgIpc) is 2.30. The third-order valence-corrected chi connectivity index (χ3v) is 3.35. The van der Waals surface area contributed by atoms with Gasteiger partial charge in [0.2, 0.25) is 11.8 Å². The summed E-state index contributed by atoms with van der Waals surface area (Å²) in [6, 6.07) is 4.92. The van der Waals surface area contributed by atoms with E-state index in [1.807, 2.05) is 13.8 Å². The Kier molecular flexibility index (Phi) is 5.63. The van der Waals surface area contributed by atoms with Crippen LogP contribution in [-0.2, 0) is 16.0 Å². The smallest absolute Gasteiger partial charge is 0.237 e. The van der Waals surface area contributed by atoms with Gasteiger partial charge in [-0.25, -0.2) is 0 Å². The van der Waals surface area contributed by atoms with Gasteiger partial charge in [-0.05, 0) is 31.5 Å². The van der Waals surface area contributed by atoms with Crippen LogP contribution in [0, 0.1) is 0 Å². The van der Waals surface area contributed by atoms with E-state index in [9.17, 15) is 9.59 Å². The van der Waals surface area contributed by atoms with Gasteiger partial charge in [0.1, 0.15) is 0 Å². The minimum Gasteiger partial charge on any atom is -0.368 e. The number of amides is 2. The molecule has 19 heavy (non-hydrogen) atoms. The molecule has 0 saturated carbocycles. The zero-order valence-electron chi connectivity index (χ0n) is 10.8. The van der Waals surface area contributed by atoms with Crippen LogP contribution in [0.2, 0.25) is 10.0 Å². The molecule has 0 unspecified atom stereocenters. The second-order valence-electron chi connectivity index (χ2n) is 4.51. The minimum atomic E-state index is -0.531. The van der Waals surface area contributed by atoms with Gasteiger partial charge in [0.25, 0.3) is 0 Å². The number of nitrogens with two attached hydrogens (primary N) is 1. The molecule has 6 heteroatoms. The summed E-state index contributed by atoms with van der Waals surface area (Å²) in [5.74, 6) is -0.705. The fraction of sp³-hybridized carbons (Fsp3) is 0.385. The quantitative estimate of drug-likeness (QED) is 0.907. The molecule has 0 atom stereocenters. The van der Waals surface area contributed by atoms with Gasteiger partial charge in [0.05, 0.1) is 23.0 Å². The Bertz CT molecular complexity index is 490. The van der Waals surface area contributed by atoms with E-state index in [1.165, 1.54) is 4.90 Å². The summed E-state index contributed by atoms with van der Waals surface area (Å²) in [5, 5.41) is 0.841. The number of nitrogens with zero attached hydrogens (tertiary/aromatic N) is 1. The van der Waals surface area contributed by atoms with E-state index in [-0.39, 0.29) is 24.9 Å². The van der Waals surface area contributed by atoms with Crippen LogP contribution in [-0.4, -0.2) is 29.3 Å². The molecule has 0 fully saturated rings. The van der Waals surface area contributed by atoms with Gasteiger partial charge in [0.15, 0.2) is 0 Å². The molecule has 4 nitrogen and oxygen atoms in total. The number of rotatable bonds is 5. The Morgan fingerprint density at radius 2 is 1.89 bits per heavy atom. The zero-order chi connectivity index (χ0) is 14.6. The lowest BCUT2D eigenvalue weighted by molar-refractivity contribution is -0.136. The van der Waals surface area contributed by atoms with Crippen LogP contribution in [0.15, 0.2) is 18.2 Å². The monoisotopic (exact) mass is 302 g/mol. The number of carbonyl (C=O) groups excluding carboxylic acids is 2. The largest absolute Gasteiger partial charge is 0.368 e. The lowest BCUT2D eigenvalue weighted by Gasteiger charge is -2.25. The number of benzene rings is 1. The summed E-state index contributed by atoms with van der Waals surface area (Å²) >= 11 is 11.7. The fourth-order valence-electron chi connectivity index (χ4n) is 1.65. The predicted molar refractivity (Wildman–Crippen MR) is 76.2 cm³/mol. The summed E-state index contributed by atoms with van der Waals surface area (Å²) < 4.78 is 0. The summed E-state index contributed by atoms with van der Waals surface area (Å²) in [6.45, 7) is 3.57. The topological polar surface area (TPSA) is 63.4 Å². The highest BCUT2D eigenvalue weighted by molar-refractivity contribution is 6.42. The van der Waals surface area contributed by atoms with Crippen molar-refractivity contribution in [3.05, 3.63) is 33.8 Å². The van der Waals surface area contributed by atoms with Crippen LogP contribution in [0.4, 0.5) is 0 Å². The number of halogens is 2. The average molecular weight is 303 g/mol. The molecule has 1 aromatic carbocycles. The Labute approximate surface area is 122 Å². The molecule has 0 heterocycles. The van der Waals surface area contributed by atoms with Gasteiger partial charge >= 0.3 is 0 Å². The van der Waals surface area contributed by atoms with Crippen LogP contribution in [0.5, 0.6) is 0 Å². The molecule has 2 N–H and O–H groups in total. The van der Waals surface area contributed by atoms with Gasteiger partial charge in [-0.3, -0.25) is 9.59 Å². The maximum atomic E-state index is 12.1. The fourth-order valence-corrected chi connectivity index (χ4v) is 1.97. The zero-order valence-corrected chi connectivity index (χ0v) is 12.3. The molecular formula is C13H16Cl2N2O2. The van der Waals surface area contributed by atoms with E-state index in [1.54, 1.807) is 18.2 Å². The maximum Gasteiger partial charge on any atom is 0.237 e. The third-order valence-electron chi connectivity index (χ3n) is 2.61. The van der Waals surface area contributed by atoms with Crippen molar-refractivity contribution in [2.45, 2.75) is 26.3 Å².